The second kappa shape index (κ2) is 7.13. The number of nitrogens with zero attached hydrogens (tertiary/aromatic N) is 2. The Morgan fingerprint density at radius 2 is 1.89 bits per heavy atom. The zero-order chi connectivity index (χ0) is 14.5. The first-order valence-electron chi connectivity index (χ1n) is 7.73. The van der Waals surface area contributed by atoms with E-state index in [1.54, 1.807) is 4.90 Å². The highest BCUT2D eigenvalue weighted by molar-refractivity contribution is 5.75. The number of carbonyl (C=O) groups excluding carboxylic acids is 1. The van der Waals surface area contributed by atoms with Gasteiger partial charge < -0.3 is 15.5 Å². The summed E-state index contributed by atoms with van der Waals surface area (Å²) in [6.45, 7) is 8.58. The van der Waals surface area contributed by atoms with Crippen LogP contribution in [-0.2, 0) is 0 Å². The minimum atomic E-state index is -0.108. The van der Waals surface area contributed by atoms with Crippen LogP contribution in [0.3, 0.4) is 0 Å². The summed E-state index contributed by atoms with van der Waals surface area (Å²) in [5.41, 5.74) is 5.97. The van der Waals surface area contributed by atoms with Crippen molar-refractivity contribution in [3.05, 3.63) is 0 Å². The van der Waals surface area contributed by atoms with E-state index in [1.165, 1.54) is 12.8 Å². The molecule has 0 aliphatic heterocycles. The van der Waals surface area contributed by atoms with Gasteiger partial charge in [-0.25, -0.2) is 4.79 Å². The van der Waals surface area contributed by atoms with Crippen molar-refractivity contribution in [2.75, 3.05) is 26.7 Å². The van der Waals surface area contributed by atoms with Gasteiger partial charge in [-0.15, -0.1) is 0 Å². The molecule has 0 bridgehead atoms. The minimum absolute atomic E-state index is 0.108. The van der Waals surface area contributed by atoms with Crippen molar-refractivity contribution in [1.82, 2.24) is 9.80 Å². The molecule has 0 unspecified atom stereocenters. The molecule has 4 nitrogen and oxygen atoms in total. The van der Waals surface area contributed by atoms with Gasteiger partial charge in [-0.1, -0.05) is 13.8 Å². The molecule has 0 aromatic heterocycles. The van der Waals surface area contributed by atoms with E-state index in [0.29, 0.717) is 6.54 Å². The molecule has 0 radical (unpaired) electrons. The van der Waals surface area contributed by atoms with Crippen LogP contribution in [0.1, 0.15) is 52.9 Å². The summed E-state index contributed by atoms with van der Waals surface area (Å²) < 4.78 is 0. The molecule has 0 saturated heterocycles. The number of rotatable bonds is 5. The maximum Gasteiger partial charge on any atom is 0.320 e. The lowest BCUT2D eigenvalue weighted by Crippen LogP contribution is -2.60. The second-order valence-electron chi connectivity index (χ2n) is 6.06. The summed E-state index contributed by atoms with van der Waals surface area (Å²) in [6.07, 6.45) is 5.45. The Labute approximate surface area is 118 Å². The summed E-state index contributed by atoms with van der Waals surface area (Å²) in [5, 5.41) is 0. The van der Waals surface area contributed by atoms with Gasteiger partial charge in [-0.2, -0.15) is 0 Å². The Morgan fingerprint density at radius 1 is 1.32 bits per heavy atom. The summed E-state index contributed by atoms with van der Waals surface area (Å²) in [7, 11) is 1.88. The Balaban J connectivity index is 2.91. The van der Waals surface area contributed by atoms with Gasteiger partial charge in [0, 0.05) is 26.7 Å². The zero-order valence-electron chi connectivity index (χ0n) is 13.1. The summed E-state index contributed by atoms with van der Waals surface area (Å²) in [5.74, 6) is 0.766. The standard InChI is InChI=1S/C15H31N3O/c1-5-11-18(14(19)17(4)6-2)15(12-16)9-7-13(3)8-10-15/h13H,5-12,16H2,1-4H3. The highest BCUT2D eigenvalue weighted by atomic mass is 16.2. The SMILES string of the molecule is CCCN(C(=O)N(C)CC)C1(CN)CCC(C)CC1. The topological polar surface area (TPSA) is 49.6 Å². The van der Waals surface area contributed by atoms with E-state index in [4.69, 9.17) is 5.73 Å². The maximum absolute atomic E-state index is 12.6. The third-order valence-electron chi connectivity index (χ3n) is 4.64. The second-order valence-corrected chi connectivity index (χ2v) is 6.06. The maximum atomic E-state index is 12.6. The summed E-state index contributed by atoms with van der Waals surface area (Å²) >= 11 is 0. The molecule has 2 N–H and O–H groups in total. The predicted molar refractivity (Wildman–Crippen MR) is 80.1 cm³/mol. The molecule has 0 aromatic rings. The van der Waals surface area contributed by atoms with Crippen molar-refractivity contribution in [2.45, 2.75) is 58.4 Å². The lowest BCUT2D eigenvalue weighted by molar-refractivity contribution is 0.0565. The molecule has 0 spiro atoms. The number of hydrogen-bond acceptors (Lipinski definition) is 2. The van der Waals surface area contributed by atoms with E-state index in [-0.39, 0.29) is 11.6 Å². The van der Waals surface area contributed by atoms with E-state index in [9.17, 15) is 4.79 Å². The van der Waals surface area contributed by atoms with Gasteiger partial charge in [0.25, 0.3) is 0 Å². The van der Waals surface area contributed by atoms with Crippen LogP contribution in [0.5, 0.6) is 0 Å². The van der Waals surface area contributed by atoms with Crippen LogP contribution in [0, 0.1) is 5.92 Å². The molecule has 0 aromatic carbocycles. The highest BCUT2D eigenvalue weighted by Gasteiger charge is 2.41. The molecule has 0 atom stereocenters. The number of nitrogens with two attached hydrogens (primary N) is 1. The molecule has 1 aliphatic carbocycles. The van der Waals surface area contributed by atoms with Gasteiger partial charge in [0.05, 0.1) is 5.54 Å². The van der Waals surface area contributed by atoms with Crippen molar-refractivity contribution in [3.8, 4) is 0 Å². The zero-order valence-corrected chi connectivity index (χ0v) is 13.1. The lowest BCUT2D eigenvalue weighted by Gasteiger charge is -2.48. The molecule has 1 saturated carbocycles. The van der Waals surface area contributed by atoms with E-state index in [2.05, 4.69) is 18.7 Å². The van der Waals surface area contributed by atoms with E-state index in [1.807, 2.05) is 14.0 Å². The van der Waals surface area contributed by atoms with Crippen molar-refractivity contribution < 1.29 is 4.79 Å². The van der Waals surface area contributed by atoms with Crippen LogP contribution in [-0.4, -0.2) is 48.1 Å². The first kappa shape index (κ1) is 16.3. The molecule has 0 heterocycles. The third-order valence-corrected chi connectivity index (χ3v) is 4.64. The lowest BCUT2D eigenvalue weighted by atomic mass is 9.76. The average molecular weight is 269 g/mol. The number of urea groups is 1. The molecule has 1 aliphatic rings. The molecule has 112 valence electrons. The smallest absolute Gasteiger partial charge is 0.320 e. The van der Waals surface area contributed by atoms with Crippen molar-refractivity contribution in [1.29, 1.82) is 0 Å². The molecule has 2 amide bonds. The molecule has 4 heteroatoms. The van der Waals surface area contributed by atoms with Gasteiger partial charge in [-0.05, 0) is 44.9 Å². The highest BCUT2D eigenvalue weighted by Crippen LogP contribution is 2.36. The van der Waals surface area contributed by atoms with Gasteiger partial charge in [0.1, 0.15) is 0 Å². The van der Waals surface area contributed by atoms with Crippen molar-refractivity contribution in [2.24, 2.45) is 11.7 Å². The van der Waals surface area contributed by atoms with Crippen LogP contribution >= 0.6 is 0 Å². The van der Waals surface area contributed by atoms with E-state index in [0.717, 1.165) is 38.3 Å². The normalized spacial score (nSPS) is 27.1. The third kappa shape index (κ3) is 3.62. The fraction of sp³-hybridized carbons (Fsp3) is 0.933. The van der Waals surface area contributed by atoms with Gasteiger partial charge in [0.15, 0.2) is 0 Å². The predicted octanol–water partition coefficient (Wildman–Crippen LogP) is 2.68. The average Bonchev–Trinajstić information content (AvgIpc) is 2.44. The summed E-state index contributed by atoms with van der Waals surface area (Å²) in [6, 6.07) is 0.143. The van der Waals surface area contributed by atoms with E-state index < -0.39 is 0 Å². The first-order chi connectivity index (χ1) is 9.00. The van der Waals surface area contributed by atoms with Gasteiger partial charge in [0.2, 0.25) is 0 Å². The number of carbonyl (C=O) groups is 1. The number of hydrogen-bond donors (Lipinski definition) is 1. The van der Waals surface area contributed by atoms with E-state index >= 15 is 0 Å². The van der Waals surface area contributed by atoms with Crippen molar-refractivity contribution >= 4 is 6.03 Å². The summed E-state index contributed by atoms with van der Waals surface area (Å²) in [4.78, 5) is 16.5. The Bertz CT molecular complexity index is 285. The Kier molecular flexibility index (Phi) is 6.11. The molecule has 19 heavy (non-hydrogen) atoms. The van der Waals surface area contributed by atoms with Crippen LogP contribution < -0.4 is 5.73 Å². The van der Waals surface area contributed by atoms with Crippen LogP contribution in [0.4, 0.5) is 4.79 Å². The Hall–Kier alpha value is -0.770. The van der Waals surface area contributed by atoms with Gasteiger partial charge >= 0.3 is 6.03 Å². The Morgan fingerprint density at radius 3 is 2.32 bits per heavy atom. The monoisotopic (exact) mass is 269 g/mol. The van der Waals surface area contributed by atoms with Crippen LogP contribution in [0.25, 0.3) is 0 Å². The fourth-order valence-corrected chi connectivity index (χ4v) is 2.98. The molecule has 1 fully saturated rings. The van der Waals surface area contributed by atoms with Gasteiger partial charge in [-0.3, -0.25) is 0 Å². The quantitative estimate of drug-likeness (QED) is 0.834. The minimum Gasteiger partial charge on any atom is -0.328 e. The molecule has 1 rings (SSSR count). The fourth-order valence-electron chi connectivity index (χ4n) is 2.98. The molecular formula is C15H31N3O. The van der Waals surface area contributed by atoms with Crippen LogP contribution in [0.2, 0.25) is 0 Å². The van der Waals surface area contributed by atoms with Crippen LogP contribution in [0.15, 0.2) is 0 Å². The largest absolute Gasteiger partial charge is 0.328 e. The first-order valence-corrected chi connectivity index (χ1v) is 7.73. The van der Waals surface area contributed by atoms with Crippen molar-refractivity contribution in [3.63, 3.8) is 0 Å². The molecular weight excluding hydrogens is 238 g/mol. The number of amides is 2.